The Morgan fingerprint density at radius 1 is 0.932 bits per heavy atom. The van der Waals surface area contributed by atoms with Gasteiger partial charge in [-0.05, 0) is 42.6 Å². The average molecular weight is 596 g/mol. The van der Waals surface area contributed by atoms with E-state index in [4.69, 9.17) is 4.74 Å². The van der Waals surface area contributed by atoms with Gasteiger partial charge in [-0.2, -0.15) is 0 Å². The standard InChI is InChI=1S/C34H37N5O5/c1-22-19-39(23(2)21-40)32(41)27-16-10-18-29(37-33(42)36-28-17-9-12-24-11-7-8-15-26(24)28)31(27)44-30(22)20-38(3)34(43)35-25-13-5-4-6-14-25/h4-18,22-23,30,40H,19-21H2,1-3H3,(H,35,43)(H2,36,37,42)/t22-,23+,30+/m1/s1. The molecule has 228 valence electrons. The van der Waals surface area contributed by atoms with Crippen molar-refractivity contribution in [1.82, 2.24) is 9.80 Å². The van der Waals surface area contributed by atoms with Gasteiger partial charge in [0.05, 0.1) is 36.1 Å². The molecule has 1 aliphatic rings. The van der Waals surface area contributed by atoms with Crippen LogP contribution in [-0.2, 0) is 0 Å². The molecular weight excluding hydrogens is 558 g/mol. The molecule has 0 unspecified atom stereocenters. The van der Waals surface area contributed by atoms with Crippen molar-refractivity contribution in [2.75, 3.05) is 42.7 Å². The molecule has 1 heterocycles. The van der Waals surface area contributed by atoms with Crippen LogP contribution >= 0.6 is 0 Å². The number of aliphatic hydroxyl groups is 1. The van der Waals surface area contributed by atoms with Crippen LogP contribution in [0.3, 0.4) is 0 Å². The molecule has 0 bridgehead atoms. The first kappa shape index (κ1) is 30.4. The number of anilines is 3. The predicted octanol–water partition coefficient (Wildman–Crippen LogP) is 5.87. The SMILES string of the molecule is C[C@@H]1CN([C@@H](C)CO)C(=O)c2cccc(NC(=O)Nc3cccc4ccccc34)c2O[C@H]1CN(C)C(=O)Nc1ccccc1. The molecule has 4 aromatic carbocycles. The lowest BCUT2D eigenvalue weighted by Gasteiger charge is -2.38. The molecule has 0 saturated heterocycles. The summed E-state index contributed by atoms with van der Waals surface area (Å²) in [5.41, 5.74) is 1.86. The summed E-state index contributed by atoms with van der Waals surface area (Å²) in [6, 6.07) is 26.3. The first-order chi connectivity index (χ1) is 21.2. The van der Waals surface area contributed by atoms with Crippen LogP contribution < -0.4 is 20.7 Å². The summed E-state index contributed by atoms with van der Waals surface area (Å²) < 4.78 is 6.53. The van der Waals surface area contributed by atoms with E-state index in [0.29, 0.717) is 23.6 Å². The molecular formula is C34H37N5O5. The number of likely N-dealkylation sites (N-methyl/N-ethyl adjacent to an activating group) is 1. The van der Waals surface area contributed by atoms with E-state index in [-0.39, 0.29) is 42.3 Å². The highest BCUT2D eigenvalue weighted by molar-refractivity contribution is 6.08. The minimum Gasteiger partial charge on any atom is -0.485 e. The maximum Gasteiger partial charge on any atom is 0.323 e. The maximum atomic E-state index is 13.8. The number of rotatable bonds is 7. The molecule has 0 saturated carbocycles. The Labute approximate surface area is 256 Å². The molecule has 44 heavy (non-hydrogen) atoms. The quantitative estimate of drug-likeness (QED) is 0.213. The zero-order valence-corrected chi connectivity index (χ0v) is 25.0. The van der Waals surface area contributed by atoms with Gasteiger partial charge in [0.15, 0.2) is 5.75 Å². The van der Waals surface area contributed by atoms with Crippen molar-refractivity contribution in [3.63, 3.8) is 0 Å². The van der Waals surface area contributed by atoms with Gasteiger partial charge in [0.25, 0.3) is 5.91 Å². The summed E-state index contributed by atoms with van der Waals surface area (Å²) in [5, 5.41) is 20.5. The number of nitrogens with one attached hydrogen (secondary N) is 3. The van der Waals surface area contributed by atoms with E-state index in [2.05, 4.69) is 16.0 Å². The van der Waals surface area contributed by atoms with Crippen molar-refractivity contribution in [2.45, 2.75) is 26.0 Å². The Hall–Kier alpha value is -5.09. The van der Waals surface area contributed by atoms with Crippen molar-refractivity contribution in [3.8, 4) is 5.75 Å². The number of hydrogen-bond acceptors (Lipinski definition) is 5. The van der Waals surface area contributed by atoms with E-state index in [1.807, 2.05) is 67.6 Å². The third-order valence-electron chi connectivity index (χ3n) is 7.80. The third-order valence-corrected chi connectivity index (χ3v) is 7.80. The fourth-order valence-corrected chi connectivity index (χ4v) is 5.26. The fourth-order valence-electron chi connectivity index (χ4n) is 5.26. The second kappa shape index (κ2) is 13.5. The summed E-state index contributed by atoms with van der Waals surface area (Å²) in [6.45, 7) is 4.00. The van der Waals surface area contributed by atoms with Gasteiger partial charge in [-0.3, -0.25) is 4.79 Å². The fraction of sp³-hybridized carbons (Fsp3) is 0.265. The van der Waals surface area contributed by atoms with E-state index in [9.17, 15) is 19.5 Å². The van der Waals surface area contributed by atoms with Gasteiger partial charge >= 0.3 is 12.1 Å². The van der Waals surface area contributed by atoms with Crippen LogP contribution in [-0.4, -0.2) is 71.8 Å². The number of urea groups is 2. The van der Waals surface area contributed by atoms with E-state index >= 15 is 0 Å². The Bertz CT molecular complexity index is 1640. The molecule has 10 nitrogen and oxygen atoms in total. The Kier molecular flexibility index (Phi) is 9.30. The molecule has 1 aliphatic heterocycles. The van der Waals surface area contributed by atoms with Crippen LogP contribution in [0.15, 0.2) is 91.0 Å². The van der Waals surface area contributed by atoms with Crippen molar-refractivity contribution in [1.29, 1.82) is 0 Å². The van der Waals surface area contributed by atoms with Gasteiger partial charge < -0.3 is 35.6 Å². The average Bonchev–Trinajstić information content (AvgIpc) is 3.03. The smallest absolute Gasteiger partial charge is 0.323 e. The van der Waals surface area contributed by atoms with Crippen LogP contribution in [0.5, 0.6) is 5.75 Å². The molecule has 0 radical (unpaired) electrons. The lowest BCUT2D eigenvalue weighted by atomic mass is 9.99. The predicted molar refractivity (Wildman–Crippen MR) is 172 cm³/mol. The van der Waals surface area contributed by atoms with Crippen LogP contribution in [0.2, 0.25) is 0 Å². The number of hydrogen-bond donors (Lipinski definition) is 4. The molecule has 3 atom stereocenters. The van der Waals surface area contributed by atoms with Gasteiger partial charge in [-0.25, -0.2) is 9.59 Å². The van der Waals surface area contributed by atoms with Crippen molar-refractivity contribution < 1.29 is 24.2 Å². The number of carbonyl (C=O) groups is 3. The Morgan fingerprint density at radius 3 is 2.36 bits per heavy atom. The molecule has 4 aromatic rings. The molecule has 0 aromatic heterocycles. The number of carbonyl (C=O) groups excluding carboxylic acids is 3. The summed E-state index contributed by atoms with van der Waals surface area (Å²) in [7, 11) is 1.68. The monoisotopic (exact) mass is 595 g/mol. The lowest BCUT2D eigenvalue weighted by Crippen LogP contribution is -2.50. The Balaban J connectivity index is 1.43. The molecule has 5 rings (SSSR count). The van der Waals surface area contributed by atoms with Gasteiger partial charge in [0.2, 0.25) is 0 Å². The van der Waals surface area contributed by atoms with Gasteiger partial charge in [-0.15, -0.1) is 0 Å². The number of para-hydroxylation sites is 2. The highest BCUT2D eigenvalue weighted by atomic mass is 16.5. The van der Waals surface area contributed by atoms with E-state index in [1.165, 1.54) is 4.90 Å². The summed E-state index contributed by atoms with van der Waals surface area (Å²) >= 11 is 0. The van der Waals surface area contributed by atoms with Gasteiger partial charge in [0.1, 0.15) is 6.10 Å². The van der Waals surface area contributed by atoms with Gasteiger partial charge in [0, 0.05) is 30.6 Å². The topological polar surface area (TPSA) is 123 Å². The number of nitrogens with zero attached hydrogens (tertiary/aromatic N) is 2. The van der Waals surface area contributed by atoms with Crippen LogP contribution in [0.4, 0.5) is 26.7 Å². The highest BCUT2D eigenvalue weighted by Gasteiger charge is 2.35. The minimum absolute atomic E-state index is 0.200. The first-order valence-corrected chi connectivity index (χ1v) is 14.6. The van der Waals surface area contributed by atoms with E-state index in [0.717, 1.165) is 10.8 Å². The van der Waals surface area contributed by atoms with Crippen LogP contribution in [0.1, 0.15) is 24.2 Å². The van der Waals surface area contributed by atoms with Crippen molar-refractivity contribution >= 4 is 45.8 Å². The molecule has 10 heteroatoms. The lowest BCUT2D eigenvalue weighted by molar-refractivity contribution is 0.0373. The molecule has 5 amide bonds. The minimum atomic E-state index is -0.550. The number of ether oxygens (including phenoxy) is 1. The second-order valence-corrected chi connectivity index (χ2v) is 11.1. The largest absolute Gasteiger partial charge is 0.485 e. The highest BCUT2D eigenvalue weighted by Crippen LogP contribution is 2.35. The van der Waals surface area contributed by atoms with Crippen molar-refractivity contribution in [3.05, 3.63) is 96.6 Å². The second-order valence-electron chi connectivity index (χ2n) is 11.1. The first-order valence-electron chi connectivity index (χ1n) is 14.6. The zero-order valence-electron chi connectivity index (χ0n) is 25.0. The Morgan fingerprint density at radius 2 is 1.59 bits per heavy atom. The normalized spacial score (nSPS) is 17.0. The number of benzene rings is 4. The number of fused-ring (bicyclic) bond motifs is 2. The third kappa shape index (κ3) is 6.76. The van der Waals surface area contributed by atoms with E-state index in [1.54, 1.807) is 49.2 Å². The van der Waals surface area contributed by atoms with Crippen LogP contribution in [0.25, 0.3) is 10.8 Å². The summed E-state index contributed by atoms with van der Waals surface area (Å²) in [4.78, 5) is 43.2. The van der Waals surface area contributed by atoms with Crippen LogP contribution in [0, 0.1) is 5.92 Å². The number of aliphatic hydroxyl groups excluding tert-OH is 1. The van der Waals surface area contributed by atoms with Crippen molar-refractivity contribution in [2.24, 2.45) is 5.92 Å². The molecule has 0 spiro atoms. The molecule has 0 fully saturated rings. The summed E-state index contributed by atoms with van der Waals surface area (Å²) in [5.74, 6) is -0.347. The zero-order chi connectivity index (χ0) is 31.2. The van der Waals surface area contributed by atoms with Gasteiger partial charge in [-0.1, -0.05) is 67.6 Å². The molecule has 4 N–H and O–H groups in total. The summed E-state index contributed by atoms with van der Waals surface area (Å²) in [6.07, 6.45) is -0.550. The maximum absolute atomic E-state index is 13.8. The van der Waals surface area contributed by atoms with E-state index < -0.39 is 18.2 Å². The number of amides is 5. The molecule has 0 aliphatic carbocycles.